The van der Waals surface area contributed by atoms with Crippen molar-refractivity contribution in [2.24, 2.45) is 46.3 Å². The molecule has 0 aromatic rings. The predicted molar refractivity (Wildman–Crippen MR) is 191 cm³/mol. The van der Waals surface area contributed by atoms with Gasteiger partial charge in [0.05, 0.1) is 37.1 Å². The second-order valence-corrected chi connectivity index (χ2v) is 18.9. The molecule has 13 nitrogen and oxygen atoms in total. The summed E-state index contributed by atoms with van der Waals surface area (Å²) in [6.45, 7) is 14.5. The minimum Gasteiger partial charge on any atom is -0.457 e. The molecular weight excluding hydrogens is 700 g/mol. The SMILES string of the molecule is CC(=O)O[C@@H]1[C@@H](O)[C@H](C)O[C@@H](O[C@H]2[C@H](OC3CC(O)CC4=CCC5C(CC[C@@]6(C)C5C[C@@H]5O[C@]7(CC[C@@H](C)CO7)[C@@H](C)[C@@H]56)[C@]43C)O[C@H](C)[C@H](O)[C@@H]2O)[C@@H]1O. The first-order valence-corrected chi connectivity index (χ1v) is 20.7. The molecule has 4 aliphatic heterocycles. The third-order valence-corrected chi connectivity index (χ3v) is 15.9. The van der Waals surface area contributed by atoms with Crippen LogP contribution in [0.4, 0.5) is 0 Å². The van der Waals surface area contributed by atoms with Gasteiger partial charge in [-0.2, -0.15) is 0 Å². The number of hydrogen-bond acceptors (Lipinski definition) is 13. The lowest BCUT2D eigenvalue weighted by molar-refractivity contribution is -0.371. The Morgan fingerprint density at radius 3 is 2.26 bits per heavy atom. The molecule has 0 aromatic carbocycles. The van der Waals surface area contributed by atoms with E-state index < -0.39 is 90.8 Å². The first-order chi connectivity index (χ1) is 25.5. The highest BCUT2D eigenvalue weighted by Gasteiger charge is 2.69. The fraction of sp³-hybridized carbons (Fsp3) is 0.927. The molecule has 22 atom stereocenters. The summed E-state index contributed by atoms with van der Waals surface area (Å²) in [6, 6.07) is 0. The molecule has 5 N–H and O–H groups in total. The van der Waals surface area contributed by atoms with Gasteiger partial charge in [0.1, 0.15) is 30.5 Å². The zero-order valence-corrected chi connectivity index (χ0v) is 32.9. The van der Waals surface area contributed by atoms with Crippen LogP contribution >= 0.6 is 0 Å². The van der Waals surface area contributed by atoms with Crippen LogP contribution in [0.2, 0.25) is 0 Å². The standard InChI is InChI=1S/C41H64O13/c1-18-10-13-41(48-17-18)19(2)30-28(54-41)16-27-25-9-8-23-14-24(43)15-29(40(23,7)26(25)11-12-39(27,30)6)52-38-36(33(46)31(44)20(3)50-38)53-37-34(47)35(51-22(5)42)32(45)21(4)49-37/h8,18-21,24-38,43-47H,9-17H2,1-7H3/t18-,19+,20-,21+,24?,25?,26?,27?,28+,29?,30+,31+,32+,33+,34-,35-,36-,37+,38+,39+,40+,41-/m1/s1. The van der Waals surface area contributed by atoms with Crippen LogP contribution in [-0.2, 0) is 38.0 Å². The molecule has 7 fully saturated rings. The number of aliphatic hydroxyl groups excluding tert-OH is 5. The molecule has 4 heterocycles. The van der Waals surface area contributed by atoms with Crippen molar-refractivity contribution < 1.29 is 63.5 Å². The van der Waals surface area contributed by atoms with Crippen LogP contribution in [0.1, 0.15) is 99.8 Å². The van der Waals surface area contributed by atoms with Gasteiger partial charge in [0, 0.05) is 31.1 Å². The highest BCUT2D eigenvalue weighted by molar-refractivity contribution is 5.66. The lowest BCUT2D eigenvalue weighted by atomic mass is 9.46. The van der Waals surface area contributed by atoms with E-state index in [0.717, 1.165) is 45.1 Å². The molecule has 54 heavy (non-hydrogen) atoms. The fourth-order valence-electron chi connectivity index (χ4n) is 12.9. The Bertz CT molecular complexity index is 1430. The largest absolute Gasteiger partial charge is 0.457 e. The summed E-state index contributed by atoms with van der Waals surface area (Å²) in [4.78, 5) is 11.8. The van der Waals surface area contributed by atoms with Crippen molar-refractivity contribution in [3.8, 4) is 0 Å². The number of fused-ring (bicyclic) bond motifs is 7. The molecule has 4 aliphatic carbocycles. The summed E-state index contributed by atoms with van der Waals surface area (Å²) in [5.74, 6) is 1.27. The number of hydrogen-bond donors (Lipinski definition) is 5. The molecule has 8 rings (SSSR count). The van der Waals surface area contributed by atoms with E-state index in [9.17, 15) is 30.3 Å². The molecule has 0 radical (unpaired) electrons. The van der Waals surface area contributed by atoms with Crippen LogP contribution in [-0.4, -0.2) is 124 Å². The third kappa shape index (κ3) is 6.17. The average Bonchev–Trinajstić information content (AvgIpc) is 3.56. The van der Waals surface area contributed by atoms with Gasteiger partial charge in [-0.1, -0.05) is 39.3 Å². The summed E-state index contributed by atoms with van der Waals surface area (Å²) < 4.78 is 43.9. The van der Waals surface area contributed by atoms with E-state index in [2.05, 4.69) is 33.8 Å². The van der Waals surface area contributed by atoms with Crippen molar-refractivity contribution >= 4 is 5.97 Å². The van der Waals surface area contributed by atoms with Gasteiger partial charge >= 0.3 is 5.97 Å². The summed E-state index contributed by atoms with van der Waals surface area (Å²) in [5.41, 5.74) is 0.849. The van der Waals surface area contributed by atoms with Gasteiger partial charge in [-0.15, -0.1) is 0 Å². The van der Waals surface area contributed by atoms with Crippen molar-refractivity contribution in [1.82, 2.24) is 0 Å². The molecule has 0 aromatic heterocycles. The van der Waals surface area contributed by atoms with Crippen molar-refractivity contribution in [3.05, 3.63) is 11.6 Å². The molecule has 306 valence electrons. The maximum Gasteiger partial charge on any atom is 0.303 e. The Labute approximate surface area is 319 Å². The minimum absolute atomic E-state index is 0.115. The maximum absolute atomic E-state index is 11.8. The maximum atomic E-state index is 11.8. The molecule has 8 aliphatic rings. The van der Waals surface area contributed by atoms with E-state index in [1.807, 2.05) is 0 Å². The topological polar surface area (TPSA) is 183 Å². The molecule has 5 unspecified atom stereocenters. The highest BCUT2D eigenvalue weighted by Crippen LogP contribution is 2.71. The molecule has 3 saturated carbocycles. The first-order valence-electron chi connectivity index (χ1n) is 20.7. The van der Waals surface area contributed by atoms with Gasteiger partial charge in [-0.3, -0.25) is 4.79 Å². The van der Waals surface area contributed by atoms with Gasteiger partial charge in [-0.25, -0.2) is 0 Å². The predicted octanol–water partition coefficient (Wildman–Crippen LogP) is 2.96. The Morgan fingerprint density at radius 1 is 0.833 bits per heavy atom. The molecule has 4 saturated heterocycles. The van der Waals surface area contributed by atoms with E-state index in [4.69, 9.17) is 33.2 Å². The number of aliphatic hydroxyl groups is 5. The summed E-state index contributed by atoms with van der Waals surface area (Å²) in [6.07, 6.45) is -4.40. The van der Waals surface area contributed by atoms with Crippen molar-refractivity contribution in [3.63, 3.8) is 0 Å². The Morgan fingerprint density at radius 2 is 1.56 bits per heavy atom. The second-order valence-electron chi connectivity index (χ2n) is 18.9. The Hall–Kier alpha value is -1.23. The Kier molecular flexibility index (Phi) is 10.4. The van der Waals surface area contributed by atoms with Crippen molar-refractivity contribution in [2.75, 3.05) is 6.61 Å². The zero-order chi connectivity index (χ0) is 38.6. The molecule has 13 heteroatoms. The lowest BCUT2D eigenvalue weighted by Gasteiger charge is -2.60. The molecule has 0 amide bonds. The van der Waals surface area contributed by atoms with E-state index in [1.165, 1.54) is 12.5 Å². The van der Waals surface area contributed by atoms with Crippen LogP contribution in [0.3, 0.4) is 0 Å². The third-order valence-electron chi connectivity index (χ3n) is 15.9. The monoisotopic (exact) mass is 764 g/mol. The molecule has 1 spiro atoms. The zero-order valence-electron chi connectivity index (χ0n) is 32.9. The van der Waals surface area contributed by atoms with E-state index in [0.29, 0.717) is 42.4 Å². The average molecular weight is 765 g/mol. The van der Waals surface area contributed by atoms with Crippen molar-refractivity contribution in [1.29, 1.82) is 0 Å². The normalized spacial score (nSPS) is 57.0. The van der Waals surface area contributed by atoms with Gasteiger partial charge in [0.15, 0.2) is 24.5 Å². The molecule has 0 bridgehead atoms. The summed E-state index contributed by atoms with van der Waals surface area (Å²) in [7, 11) is 0. The van der Waals surface area contributed by atoms with Crippen LogP contribution in [0.25, 0.3) is 0 Å². The minimum atomic E-state index is -1.61. The molecular formula is C41H64O13. The number of carbonyl (C=O) groups is 1. The number of ether oxygens (including phenoxy) is 7. The fourth-order valence-corrected chi connectivity index (χ4v) is 12.9. The number of rotatable bonds is 5. The quantitative estimate of drug-likeness (QED) is 0.204. The van der Waals surface area contributed by atoms with Crippen LogP contribution in [0, 0.1) is 46.3 Å². The van der Waals surface area contributed by atoms with E-state index in [-0.39, 0.29) is 17.4 Å². The number of carbonyl (C=O) groups excluding carboxylic acids is 1. The van der Waals surface area contributed by atoms with Gasteiger partial charge in [0.25, 0.3) is 0 Å². The Balaban J connectivity index is 1.05. The lowest BCUT2D eigenvalue weighted by Crippen LogP contribution is -2.65. The van der Waals surface area contributed by atoms with Crippen LogP contribution in [0.5, 0.6) is 0 Å². The second kappa shape index (κ2) is 14.2. The van der Waals surface area contributed by atoms with Gasteiger partial charge in [0.2, 0.25) is 0 Å². The highest BCUT2D eigenvalue weighted by atomic mass is 16.8. The number of esters is 1. The van der Waals surface area contributed by atoms with Crippen molar-refractivity contribution in [2.45, 2.75) is 185 Å². The van der Waals surface area contributed by atoms with Crippen LogP contribution < -0.4 is 0 Å². The van der Waals surface area contributed by atoms with Crippen LogP contribution in [0.15, 0.2) is 11.6 Å². The van der Waals surface area contributed by atoms with Gasteiger partial charge < -0.3 is 58.7 Å². The first kappa shape index (κ1) is 39.6. The number of allylic oxidation sites excluding steroid dienone is 1. The summed E-state index contributed by atoms with van der Waals surface area (Å²) >= 11 is 0. The summed E-state index contributed by atoms with van der Waals surface area (Å²) in [5, 5.41) is 55.4. The van der Waals surface area contributed by atoms with Gasteiger partial charge in [-0.05, 0) is 87.4 Å². The van der Waals surface area contributed by atoms with E-state index >= 15 is 0 Å². The van der Waals surface area contributed by atoms with E-state index in [1.54, 1.807) is 13.8 Å². The smallest absolute Gasteiger partial charge is 0.303 e.